The lowest BCUT2D eigenvalue weighted by molar-refractivity contribution is -0.117. The predicted molar refractivity (Wildman–Crippen MR) is 88.4 cm³/mol. The molecule has 0 spiro atoms. The number of halogens is 1. The Hall–Kier alpha value is -2.24. The molecule has 1 heterocycles. The highest BCUT2D eigenvalue weighted by Crippen LogP contribution is 2.24. The second-order valence-electron chi connectivity index (χ2n) is 5.99. The molecule has 23 heavy (non-hydrogen) atoms. The van der Waals surface area contributed by atoms with E-state index >= 15 is 0 Å². The van der Waals surface area contributed by atoms with E-state index in [4.69, 9.17) is 0 Å². The van der Waals surface area contributed by atoms with Crippen molar-refractivity contribution >= 4 is 11.6 Å². The average molecular weight is 313 g/mol. The molecule has 1 aliphatic rings. The maximum absolute atomic E-state index is 13.3. The highest BCUT2D eigenvalue weighted by atomic mass is 19.1. The van der Waals surface area contributed by atoms with Crippen molar-refractivity contribution in [1.82, 2.24) is 10.9 Å². The Kier molecular flexibility index (Phi) is 4.41. The fourth-order valence-electron chi connectivity index (χ4n) is 2.69. The van der Waals surface area contributed by atoms with Crippen molar-refractivity contribution in [3.8, 4) is 0 Å². The second kappa shape index (κ2) is 6.48. The number of carbonyl (C=O) groups is 1. The van der Waals surface area contributed by atoms with E-state index in [9.17, 15) is 9.18 Å². The Labute approximate surface area is 135 Å². The Balaban J connectivity index is 1.65. The van der Waals surface area contributed by atoms with E-state index in [2.05, 4.69) is 40.4 Å². The Morgan fingerprint density at radius 3 is 2.61 bits per heavy atom. The zero-order valence-corrected chi connectivity index (χ0v) is 13.2. The van der Waals surface area contributed by atoms with Gasteiger partial charge in [-0.05, 0) is 43.5 Å². The lowest BCUT2D eigenvalue weighted by Crippen LogP contribution is -2.39. The molecule has 3 N–H and O–H groups in total. The normalized spacial score (nSPS) is 20.5. The highest BCUT2D eigenvalue weighted by Gasteiger charge is 2.30. The first-order valence-electron chi connectivity index (χ1n) is 7.67. The molecule has 4 nitrogen and oxygen atoms in total. The van der Waals surface area contributed by atoms with Gasteiger partial charge in [0, 0.05) is 11.7 Å². The van der Waals surface area contributed by atoms with Gasteiger partial charge < -0.3 is 5.32 Å². The molecule has 3 rings (SSSR count). The maximum Gasteiger partial charge on any atom is 0.242 e. The monoisotopic (exact) mass is 313 g/mol. The zero-order chi connectivity index (χ0) is 16.4. The molecule has 1 amide bonds. The van der Waals surface area contributed by atoms with Gasteiger partial charge in [0.2, 0.25) is 5.91 Å². The molecule has 1 fully saturated rings. The molecule has 2 aromatic rings. The van der Waals surface area contributed by atoms with Crippen LogP contribution in [0.5, 0.6) is 0 Å². The quantitative estimate of drug-likeness (QED) is 0.816. The van der Waals surface area contributed by atoms with Gasteiger partial charge in [0.05, 0.1) is 0 Å². The molecule has 2 atom stereocenters. The van der Waals surface area contributed by atoms with Gasteiger partial charge in [-0.1, -0.05) is 35.9 Å². The fourth-order valence-corrected chi connectivity index (χ4v) is 2.69. The number of amides is 1. The summed E-state index contributed by atoms with van der Waals surface area (Å²) in [4.78, 5) is 12.4. The minimum atomic E-state index is -0.360. The number of anilines is 1. The molecule has 0 saturated carbocycles. The van der Waals surface area contributed by atoms with Gasteiger partial charge in [0.15, 0.2) is 0 Å². The van der Waals surface area contributed by atoms with Gasteiger partial charge in [0.25, 0.3) is 0 Å². The summed E-state index contributed by atoms with van der Waals surface area (Å²) in [5.74, 6) is -0.526. The summed E-state index contributed by atoms with van der Waals surface area (Å²) in [5.41, 5.74) is 9.86. The number of benzene rings is 2. The van der Waals surface area contributed by atoms with E-state index in [0.29, 0.717) is 12.1 Å². The van der Waals surface area contributed by atoms with Crippen LogP contribution in [0.4, 0.5) is 10.1 Å². The van der Waals surface area contributed by atoms with Crippen molar-refractivity contribution in [3.05, 3.63) is 65.0 Å². The van der Waals surface area contributed by atoms with Crippen molar-refractivity contribution in [1.29, 1.82) is 0 Å². The molecule has 2 aromatic carbocycles. The molecule has 0 radical (unpaired) electrons. The van der Waals surface area contributed by atoms with Gasteiger partial charge in [-0.25, -0.2) is 15.2 Å². The standard InChI is InChI=1S/C18H20FN3O/c1-11-3-6-13(7-4-11)16-10-17(22-21-16)18(23)20-15-9-14(19)8-5-12(15)2/h3-9,16-17,21-22H,10H2,1-2H3,(H,20,23). The molecule has 5 heteroatoms. The maximum atomic E-state index is 13.3. The van der Waals surface area contributed by atoms with Crippen molar-refractivity contribution in [3.63, 3.8) is 0 Å². The Bertz CT molecular complexity index is 715. The van der Waals surface area contributed by atoms with Crippen molar-refractivity contribution in [2.45, 2.75) is 32.4 Å². The van der Waals surface area contributed by atoms with Gasteiger partial charge in [0.1, 0.15) is 11.9 Å². The molecule has 2 unspecified atom stereocenters. The second-order valence-corrected chi connectivity index (χ2v) is 5.99. The van der Waals surface area contributed by atoms with Crippen LogP contribution in [0.3, 0.4) is 0 Å². The first-order valence-corrected chi connectivity index (χ1v) is 7.67. The minimum absolute atomic E-state index is 0.0833. The van der Waals surface area contributed by atoms with Crippen LogP contribution in [0, 0.1) is 19.7 Å². The van der Waals surface area contributed by atoms with Crippen LogP contribution >= 0.6 is 0 Å². The number of hydrogen-bond donors (Lipinski definition) is 3. The summed E-state index contributed by atoms with van der Waals surface area (Å²) in [6, 6.07) is 12.3. The third kappa shape index (κ3) is 3.57. The van der Waals surface area contributed by atoms with Crippen LogP contribution in [-0.4, -0.2) is 11.9 Å². The number of hydrazine groups is 1. The molecule has 1 saturated heterocycles. The summed E-state index contributed by atoms with van der Waals surface area (Å²) in [6.45, 7) is 3.88. The van der Waals surface area contributed by atoms with Crippen LogP contribution < -0.4 is 16.2 Å². The minimum Gasteiger partial charge on any atom is -0.324 e. The Morgan fingerprint density at radius 2 is 1.87 bits per heavy atom. The van der Waals surface area contributed by atoms with Crippen LogP contribution in [0.1, 0.15) is 29.2 Å². The lowest BCUT2D eigenvalue weighted by Gasteiger charge is -2.12. The number of aryl methyl sites for hydroxylation is 2. The van der Waals surface area contributed by atoms with Crippen LogP contribution in [-0.2, 0) is 4.79 Å². The lowest BCUT2D eigenvalue weighted by atomic mass is 10.0. The third-order valence-corrected chi connectivity index (χ3v) is 4.16. The summed E-state index contributed by atoms with van der Waals surface area (Å²) in [5, 5.41) is 2.79. The molecule has 0 aliphatic carbocycles. The molecule has 120 valence electrons. The summed E-state index contributed by atoms with van der Waals surface area (Å²) in [6.07, 6.45) is 0.642. The predicted octanol–water partition coefficient (Wildman–Crippen LogP) is 2.99. The van der Waals surface area contributed by atoms with Gasteiger partial charge in [-0.2, -0.15) is 0 Å². The highest BCUT2D eigenvalue weighted by molar-refractivity contribution is 5.95. The number of rotatable bonds is 3. The summed E-state index contributed by atoms with van der Waals surface area (Å²) >= 11 is 0. The molecule has 0 aromatic heterocycles. The van der Waals surface area contributed by atoms with Crippen molar-refractivity contribution in [2.75, 3.05) is 5.32 Å². The van der Waals surface area contributed by atoms with Gasteiger partial charge in [-0.15, -0.1) is 0 Å². The van der Waals surface area contributed by atoms with Gasteiger partial charge >= 0.3 is 0 Å². The van der Waals surface area contributed by atoms with Crippen molar-refractivity contribution < 1.29 is 9.18 Å². The first kappa shape index (κ1) is 15.6. The van der Waals surface area contributed by atoms with E-state index in [1.54, 1.807) is 6.07 Å². The number of carbonyl (C=O) groups excluding carboxylic acids is 1. The zero-order valence-electron chi connectivity index (χ0n) is 13.2. The number of nitrogens with one attached hydrogen (secondary N) is 3. The Morgan fingerprint density at radius 1 is 1.13 bits per heavy atom. The van der Waals surface area contributed by atoms with Crippen LogP contribution in [0.25, 0.3) is 0 Å². The SMILES string of the molecule is Cc1ccc(C2CC(C(=O)Nc3cc(F)ccc3C)NN2)cc1. The van der Waals surface area contributed by atoms with E-state index in [1.165, 1.54) is 17.7 Å². The summed E-state index contributed by atoms with van der Waals surface area (Å²) < 4.78 is 13.3. The van der Waals surface area contributed by atoms with Crippen LogP contribution in [0.15, 0.2) is 42.5 Å². The van der Waals surface area contributed by atoms with E-state index in [0.717, 1.165) is 11.1 Å². The molecular weight excluding hydrogens is 293 g/mol. The average Bonchev–Trinajstić information content (AvgIpc) is 3.02. The third-order valence-electron chi connectivity index (χ3n) is 4.16. The topological polar surface area (TPSA) is 53.2 Å². The van der Waals surface area contributed by atoms with Crippen molar-refractivity contribution in [2.24, 2.45) is 0 Å². The molecular formula is C18H20FN3O. The van der Waals surface area contributed by atoms with E-state index in [1.807, 2.05) is 13.8 Å². The van der Waals surface area contributed by atoms with E-state index in [-0.39, 0.29) is 23.8 Å². The van der Waals surface area contributed by atoms with Crippen LogP contribution in [0.2, 0.25) is 0 Å². The largest absolute Gasteiger partial charge is 0.324 e. The smallest absolute Gasteiger partial charge is 0.242 e. The van der Waals surface area contributed by atoms with E-state index < -0.39 is 0 Å². The fraction of sp³-hybridized carbons (Fsp3) is 0.278. The van der Waals surface area contributed by atoms with Gasteiger partial charge in [-0.3, -0.25) is 4.79 Å². The summed E-state index contributed by atoms with van der Waals surface area (Å²) in [7, 11) is 0. The number of hydrogen-bond acceptors (Lipinski definition) is 3. The molecule has 0 bridgehead atoms. The first-order chi connectivity index (χ1) is 11.0. The molecule has 1 aliphatic heterocycles.